The molecule has 0 saturated heterocycles. The number of fused-ring (bicyclic) bond motifs is 3. The number of aryl methyl sites for hydroxylation is 1. The molecular weight excluding hydrogens is 328 g/mol. The number of nitrogens with zero attached hydrogens (tertiary/aromatic N) is 1. The molecule has 2 aromatic rings. The smallest absolute Gasteiger partial charge is 0.248 e. The van der Waals surface area contributed by atoms with Gasteiger partial charge >= 0.3 is 0 Å². The van der Waals surface area contributed by atoms with Gasteiger partial charge in [0, 0.05) is 30.5 Å². The van der Waals surface area contributed by atoms with E-state index in [1.54, 1.807) is 11.0 Å². The molecular formula is C18H19ClN2O3. The summed E-state index contributed by atoms with van der Waals surface area (Å²) >= 11 is 6.44. The molecule has 0 bridgehead atoms. The van der Waals surface area contributed by atoms with Crippen molar-refractivity contribution >= 4 is 34.1 Å². The molecule has 0 fully saturated rings. The lowest BCUT2D eigenvalue weighted by Gasteiger charge is -2.26. The highest BCUT2D eigenvalue weighted by Crippen LogP contribution is 2.40. The number of nitrogens with two attached hydrogens (primary N) is 1. The SMILES string of the molecule is C=C(/C=C\N)c1cc(C)c(Cl)c2oc3c(c12)CN(C(=O)CO)CC3. The van der Waals surface area contributed by atoms with Crippen LogP contribution in [0.3, 0.4) is 0 Å². The van der Waals surface area contributed by atoms with Gasteiger partial charge in [0.25, 0.3) is 0 Å². The zero-order valence-corrected chi connectivity index (χ0v) is 14.2. The minimum atomic E-state index is -0.500. The van der Waals surface area contributed by atoms with Gasteiger partial charge < -0.3 is 20.2 Å². The lowest BCUT2D eigenvalue weighted by Crippen LogP contribution is -2.37. The van der Waals surface area contributed by atoms with E-state index >= 15 is 0 Å². The van der Waals surface area contributed by atoms with Gasteiger partial charge in [0.1, 0.15) is 12.4 Å². The molecule has 6 heteroatoms. The molecule has 0 radical (unpaired) electrons. The van der Waals surface area contributed by atoms with Gasteiger partial charge in [-0.15, -0.1) is 0 Å². The molecule has 5 nitrogen and oxygen atoms in total. The van der Waals surface area contributed by atoms with Crippen molar-refractivity contribution in [3.63, 3.8) is 0 Å². The van der Waals surface area contributed by atoms with Crippen molar-refractivity contribution in [3.8, 4) is 0 Å². The molecule has 0 saturated carbocycles. The van der Waals surface area contributed by atoms with Crippen molar-refractivity contribution in [2.24, 2.45) is 5.73 Å². The van der Waals surface area contributed by atoms with Crippen molar-refractivity contribution in [2.75, 3.05) is 13.2 Å². The Kier molecular flexibility index (Phi) is 4.39. The topological polar surface area (TPSA) is 79.7 Å². The summed E-state index contributed by atoms with van der Waals surface area (Å²) in [4.78, 5) is 13.5. The van der Waals surface area contributed by atoms with Crippen LogP contribution in [0.2, 0.25) is 5.02 Å². The fourth-order valence-corrected chi connectivity index (χ4v) is 3.32. The average molecular weight is 347 g/mol. The normalized spacial score (nSPS) is 14.4. The molecule has 24 heavy (non-hydrogen) atoms. The second-order valence-corrected chi connectivity index (χ2v) is 6.25. The molecule has 1 aliphatic rings. The quantitative estimate of drug-likeness (QED) is 0.837. The number of benzene rings is 1. The van der Waals surface area contributed by atoms with Crippen LogP contribution >= 0.6 is 11.6 Å². The van der Waals surface area contributed by atoms with E-state index in [0.29, 0.717) is 30.1 Å². The molecule has 1 aliphatic heterocycles. The molecule has 1 aromatic carbocycles. The third kappa shape index (κ3) is 2.60. The number of hydrogen-bond acceptors (Lipinski definition) is 4. The number of allylic oxidation sites excluding steroid dienone is 2. The van der Waals surface area contributed by atoms with Crippen molar-refractivity contribution in [3.05, 3.63) is 52.4 Å². The maximum absolute atomic E-state index is 11.9. The number of aliphatic hydroxyl groups excluding tert-OH is 1. The van der Waals surface area contributed by atoms with Crippen LogP contribution in [0.1, 0.15) is 22.5 Å². The Morgan fingerprint density at radius 1 is 1.58 bits per heavy atom. The summed E-state index contributed by atoms with van der Waals surface area (Å²) in [6, 6.07) is 1.95. The molecule has 2 heterocycles. The van der Waals surface area contributed by atoms with Gasteiger partial charge in [0.15, 0.2) is 5.58 Å². The summed E-state index contributed by atoms with van der Waals surface area (Å²) in [5.41, 5.74) is 9.55. The van der Waals surface area contributed by atoms with Gasteiger partial charge in [0.2, 0.25) is 5.91 Å². The predicted octanol–water partition coefficient (Wildman–Crippen LogP) is 2.76. The maximum atomic E-state index is 11.9. The largest absolute Gasteiger partial charge is 0.459 e. The Morgan fingerprint density at radius 2 is 2.33 bits per heavy atom. The van der Waals surface area contributed by atoms with Crippen LogP contribution in [-0.4, -0.2) is 29.1 Å². The van der Waals surface area contributed by atoms with Crippen molar-refractivity contribution in [1.29, 1.82) is 0 Å². The number of carbonyl (C=O) groups excluding carboxylic acids is 1. The summed E-state index contributed by atoms with van der Waals surface area (Å²) in [6.07, 6.45) is 3.75. The highest BCUT2D eigenvalue weighted by molar-refractivity contribution is 6.36. The van der Waals surface area contributed by atoms with Crippen LogP contribution in [0.4, 0.5) is 0 Å². The molecule has 3 N–H and O–H groups in total. The van der Waals surface area contributed by atoms with Crippen molar-refractivity contribution in [2.45, 2.75) is 19.9 Å². The van der Waals surface area contributed by atoms with Gasteiger partial charge in [-0.25, -0.2) is 0 Å². The van der Waals surface area contributed by atoms with Gasteiger partial charge in [-0.2, -0.15) is 0 Å². The van der Waals surface area contributed by atoms with Crippen LogP contribution in [-0.2, 0) is 17.8 Å². The number of furan rings is 1. The summed E-state index contributed by atoms with van der Waals surface area (Å²) in [6.45, 7) is 6.37. The number of carbonyl (C=O) groups is 1. The van der Waals surface area contributed by atoms with E-state index < -0.39 is 6.61 Å². The average Bonchev–Trinajstić information content (AvgIpc) is 2.96. The molecule has 1 amide bonds. The van der Waals surface area contributed by atoms with Gasteiger partial charge in [0.05, 0.1) is 5.02 Å². The number of amides is 1. The molecule has 0 aliphatic carbocycles. The van der Waals surface area contributed by atoms with E-state index in [-0.39, 0.29) is 5.91 Å². The first-order valence-corrected chi connectivity index (χ1v) is 8.05. The standard InChI is InChI=1S/C18H19ClN2O3/c1-10(3-5-20)12-7-11(2)17(19)18-16(12)13-8-21(15(23)9-22)6-4-14(13)24-18/h3,5,7,22H,1,4,6,8-9,20H2,2H3/b5-3-. The molecule has 0 spiro atoms. The highest BCUT2D eigenvalue weighted by atomic mass is 35.5. The molecule has 0 atom stereocenters. The maximum Gasteiger partial charge on any atom is 0.248 e. The van der Waals surface area contributed by atoms with E-state index in [4.69, 9.17) is 26.9 Å². The van der Waals surface area contributed by atoms with E-state index in [1.165, 1.54) is 6.20 Å². The van der Waals surface area contributed by atoms with Gasteiger partial charge in [-0.05, 0) is 42.0 Å². The number of rotatable bonds is 3. The number of halogens is 1. The Hall–Kier alpha value is -2.24. The summed E-state index contributed by atoms with van der Waals surface area (Å²) < 4.78 is 6.00. The number of hydrogen-bond donors (Lipinski definition) is 2. The highest BCUT2D eigenvalue weighted by Gasteiger charge is 2.28. The third-order valence-electron chi connectivity index (χ3n) is 4.36. The summed E-state index contributed by atoms with van der Waals surface area (Å²) in [5.74, 6) is 0.528. The van der Waals surface area contributed by atoms with Gasteiger partial charge in [-0.3, -0.25) is 4.79 Å². The molecule has 0 unspecified atom stereocenters. The van der Waals surface area contributed by atoms with E-state index in [9.17, 15) is 4.79 Å². The lowest BCUT2D eigenvalue weighted by molar-refractivity contribution is -0.135. The van der Waals surface area contributed by atoms with Crippen LogP contribution < -0.4 is 5.73 Å². The second kappa shape index (κ2) is 6.34. The third-order valence-corrected chi connectivity index (χ3v) is 4.83. The lowest BCUT2D eigenvalue weighted by atomic mass is 9.95. The van der Waals surface area contributed by atoms with E-state index in [1.807, 2.05) is 13.0 Å². The molecule has 3 rings (SSSR count). The molecule has 1 aromatic heterocycles. The van der Waals surface area contributed by atoms with Crippen molar-refractivity contribution < 1.29 is 14.3 Å². The first kappa shape index (κ1) is 16.6. The van der Waals surface area contributed by atoms with E-state index in [2.05, 4.69) is 6.58 Å². The zero-order chi connectivity index (χ0) is 17.4. The predicted molar refractivity (Wildman–Crippen MR) is 94.5 cm³/mol. The Labute approximate surface area is 145 Å². The van der Waals surface area contributed by atoms with Crippen molar-refractivity contribution in [1.82, 2.24) is 4.90 Å². The first-order chi connectivity index (χ1) is 11.5. The van der Waals surface area contributed by atoms with Gasteiger partial charge in [-0.1, -0.05) is 18.2 Å². The Bertz CT molecular complexity index is 867. The summed E-state index contributed by atoms with van der Waals surface area (Å²) in [5, 5.41) is 10.5. The Balaban J connectivity index is 2.23. The minimum Gasteiger partial charge on any atom is -0.459 e. The van der Waals surface area contributed by atoms with Crippen LogP contribution in [0, 0.1) is 6.92 Å². The van der Waals surface area contributed by atoms with Crippen LogP contribution in [0.15, 0.2) is 29.3 Å². The minimum absolute atomic E-state index is 0.296. The van der Waals surface area contributed by atoms with Crippen LogP contribution in [0.25, 0.3) is 16.5 Å². The van der Waals surface area contributed by atoms with Crippen LogP contribution in [0.5, 0.6) is 0 Å². The molecule has 126 valence electrons. The fourth-order valence-electron chi connectivity index (χ4n) is 3.13. The van der Waals surface area contributed by atoms with E-state index in [0.717, 1.165) is 33.4 Å². The number of aliphatic hydroxyl groups is 1. The monoisotopic (exact) mass is 346 g/mol. The first-order valence-electron chi connectivity index (χ1n) is 7.67. The second-order valence-electron chi connectivity index (χ2n) is 5.87. The summed E-state index contributed by atoms with van der Waals surface area (Å²) in [7, 11) is 0. The Morgan fingerprint density at radius 3 is 3.00 bits per heavy atom. The zero-order valence-electron chi connectivity index (χ0n) is 13.4. The fraction of sp³-hybridized carbons (Fsp3) is 0.278.